The number of hydrogen-bond acceptors (Lipinski definition) is 11. The van der Waals surface area contributed by atoms with Crippen molar-refractivity contribution in [2.24, 2.45) is 0 Å². The van der Waals surface area contributed by atoms with Crippen molar-refractivity contribution in [1.29, 1.82) is 0 Å². The predicted octanol–water partition coefficient (Wildman–Crippen LogP) is 1.42. The van der Waals surface area contributed by atoms with Crippen molar-refractivity contribution in [3.63, 3.8) is 0 Å². The van der Waals surface area contributed by atoms with Crippen LogP contribution in [-0.2, 0) is 15.9 Å². The third kappa shape index (κ3) is 4.28. The van der Waals surface area contributed by atoms with Crippen LogP contribution in [0.4, 0.5) is 0 Å². The number of ketones is 2. The highest BCUT2D eigenvalue weighted by Crippen LogP contribution is 2.53. The number of likely N-dealkylation sites (N-methyl/N-ethyl adjacent to an activating group) is 1. The van der Waals surface area contributed by atoms with E-state index in [1.165, 1.54) is 26.2 Å². The van der Waals surface area contributed by atoms with Gasteiger partial charge in [0.15, 0.2) is 12.1 Å². The molecule has 2 aliphatic carbocycles. The van der Waals surface area contributed by atoms with E-state index in [4.69, 9.17) is 14.2 Å². The van der Waals surface area contributed by atoms with E-state index in [0.29, 0.717) is 0 Å². The number of fused-ring (bicyclic) bond motifs is 3. The van der Waals surface area contributed by atoms with E-state index in [9.17, 15) is 35.1 Å². The van der Waals surface area contributed by atoms with Crippen molar-refractivity contribution in [3.05, 3.63) is 51.6 Å². The van der Waals surface area contributed by atoms with E-state index in [0.717, 1.165) is 0 Å². The smallest absolute Gasteiger partial charge is 0.202 e. The van der Waals surface area contributed by atoms with Gasteiger partial charge in [0.05, 0.1) is 53.8 Å². The number of methoxy groups -OCH3 is 1. The van der Waals surface area contributed by atoms with Crippen molar-refractivity contribution in [2.45, 2.75) is 75.5 Å². The molecule has 216 valence electrons. The summed E-state index contributed by atoms with van der Waals surface area (Å²) in [6, 6.07) is 4.19. The number of carbonyl (C=O) groups is 2. The predicted molar refractivity (Wildman–Crippen MR) is 141 cm³/mol. The number of aromatic hydroxyl groups is 2. The van der Waals surface area contributed by atoms with Gasteiger partial charge in [0.2, 0.25) is 5.78 Å². The molecule has 40 heavy (non-hydrogen) atoms. The molecular formula is C29H35NO10. The second kappa shape index (κ2) is 10.1. The Morgan fingerprint density at radius 1 is 1.10 bits per heavy atom. The molecule has 11 heteroatoms. The summed E-state index contributed by atoms with van der Waals surface area (Å²) in [5.74, 6) is -2.36. The van der Waals surface area contributed by atoms with Gasteiger partial charge < -0.3 is 44.6 Å². The van der Waals surface area contributed by atoms with Gasteiger partial charge in [-0.05, 0) is 34.0 Å². The molecule has 1 aliphatic heterocycles. The van der Waals surface area contributed by atoms with E-state index in [-0.39, 0.29) is 64.4 Å². The van der Waals surface area contributed by atoms with Gasteiger partial charge in [0.1, 0.15) is 17.2 Å². The quantitative estimate of drug-likeness (QED) is 0.288. The van der Waals surface area contributed by atoms with Gasteiger partial charge in [0, 0.05) is 42.0 Å². The molecule has 3 aliphatic rings. The molecule has 7 unspecified atom stereocenters. The van der Waals surface area contributed by atoms with Crippen LogP contribution >= 0.6 is 0 Å². The zero-order chi connectivity index (χ0) is 29.3. The van der Waals surface area contributed by atoms with Crippen LogP contribution in [0, 0.1) is 0 Å². The Bertz CT molecular complexity index is 1370. The van der Waals surface area contributed by atoms with Gasteiger partial charge in [-0.1, -0.05) is 12.1 Å². The molecule has 0 radical (unpaired) electrons. The second-order valence-electron chi connectivity index (χ2n) is 11.2. The number of rotatable bonds is 5. The maximum Gasteiger partial charge on any atom is 0.202 e. The first-order chi connectivity index (χ1) is 18.8. The summed E-state index contributed by atoms with van der Waals surface area (Å²) in [5.41, 5.74) is -2.54. The summed E-state index contributed by atoms with van der Waals surface area (Å²) in [6.07, 6.45) is -4.95. The standard InChI is InChI=1S/C29H35NO10/c1-12-24(32)16(30(3)4)9-19(39-12)40-18-11-29(37,13(2)31)10-15-21(18)28(36)23-22(26(15)34)25(33)14-7-6-8-17(38-5)20(14)27(23)35/h6-8,12-13,16,18-19,24,31-32,34,36-37H,9-11H2,1-5H3. The van der Waals surface area contributed by atoms with Crippen LogP contribution in [0.3, 0.4) is 0 Å². The third-order valence-electron chi connectivity index (χ3n) is 8.54. The van der Waals surface area contributed by atoms with E-state index in [1.807, 2.05) is 19.0 Å². The van der Waals surface area contributed by atoms with Crippen LogP contribution in [0.25, 0.3) is 0 Å². The lowest BCUT2D eigenvalue weighted by molar-refractivity contribution is -0.259. The Hall–Kier alpha value is -3.06. The van der Waals surface area contributed by atoms with Crippen LogP contribution in [0.5, 0.6) is 17.2 Å². The first kappa shape index (κ1) is 28.5. The lowest BCUT2D eigenvalue weighted by atomic mass is 9.71. The Labute approximate surface area is 231 Å². The maximum absolute atomic E-state index is 13.7. The number of hydrogen-bond donors (Lipinski definition) is 5. The van der Waals surface area contributed by atoms with Crippen LogP contribution in [0.15, 0.2) is 18.2 Å². The topological polar surface area (TPSA) is 166 Å². The zero-order valence-electron chi connectivity index (χ0n) is 23.0. The number of phenols is 2. The van der Waals surface area contributed by atoms with Gasteiger partial charge in [-0.2, -0.15) is 0 Å². The molecular weight excluding hydrogens is 522 g/mol. The van der Waals surface area contributed by atoms with E-state index in [2.05, 4.69) is 0 Å². The monoisotopic (exact) mass is 557 g/mol. The van der Waals surface area contributed by atoms with Gasteiger partial charge in [-0.15, -0.1) is 0 Å². The van der Waals surface area contributed by atoms with Crippen molar-refractivity contribution < 1.29 is 49.3 Å². The Morgan fingerprint density at radius 3 is 2.40 bits per heavy atom. The van der Waals surface area contributed by atoms with E-state index < -0.39 is 59.4 Å². The van der Waals surface area contributed by atoms with Crippen molar-refractivity contribution in [1.82, 2.24) is 4.90 Å². The molecule has 0 amide bonds. The molecule has 2 aromatic rings. The van der Waals surface area contributed by atoms with Crippen LogP contribution in [0.1, 0.15) is 75.8 Å². The summed E-state index contributed by atoms with van der Waals surface area (Å²) in [7, 11) is 4.99. The van der Waals surface area contributed by atoms with Crippen LogP contribution in [0.2, 0.25) is 0 Å². The molecule has 2 aromatic carbocycles. The lowest BCUT2D eigenvalue weighted by Gasteiger charge is -2.45. The first-order valence-electron chi connectivity index (χ1n) is 13.2. The normalized spacial score (nSPS) is 30.5. The number of aliphatic hydroxyl groups is 3. The number of carbonyl (C=O) groups excluding carboxylic acids is 2. The largest absolute Gasteiger partial charge is 0.507 e. The minimum absolute atomic E-state index is 0.00329. The molecule has 7 atom stereocenters. The van der Waals surface area contributed by atoms with Crippen molar-refractivity contribution in [2.75, 3.05) is 21.2 Å². The minimum atomic E-state index is -1.79. The maximum atomic E-state index is 13.7. The van der Waals surface area contributed by atoms with Gasteiger partial charge in [-0.25, -0.2) is 0 Å². The molecule has 0 bridgehead atoms. The lowest BCUT2D eigenvalue weighted by Crippen LogP contribution is -2.54. The summed E-state index contributed by atoms with van der Waals surface area (Å²) in [5, 5.41) is 55.5. The number of benzene rings is 2. The SMILES string of the molecule is COc1cccc2c1C(=O)c1c(O)c3c(c(O)c1C2=O)CC(O)(C(C)O)CC3OC1CC(N(C)C)C(O)C(C)O1. The highest BCUT2D eigenvalue weighted by atomic mass is 16.7. The fourth-order valence-electron chi connectivity index (χ4n) is 6.19. The molecule has 0 saturated carbocycles. The average Bonchev–Trinajstić information content (AvgIpc) is 2.90. The fraction of sp³-hybridized carbons (Fsp3) is 0.517. The molecule has 1 fully saturated rings. The summed E-state index contributed by atoms with van der Waals surface area (Å²) in [4.78, 5) is 29.1. The molecule has 0 spiro atoms. The third-order valence-corrected chi connectivity index (χ3v) is 8.54. The summed E-state index contributed by atoms with van der Waals surface area (Å²) in [6.45, 7) is 3.10. The van der Waals surface area contributed by atoms with Crippen LogP contribution < -0.4 is 4.74 Å². The molecule has 0 aromatic heterocycles. The number of nitrogens with zero attached hydrogens (tertiary/aromatic N) is 1. The van der Waals surface area contributed by atoms with Gasteiger partial charge >= 0.3 is 0 Å². The van der Waals surface area contributed by atoms with Crippen LogP contribution in [-0.4, -0.2) is 99.4 Å². The number of aliphatic hydroxyl groups excluding tert-OH is 2. The summed E-state index contributed by atoms with van der Waals surface area (Å²) < 4.78 is 17.5. The second-order valence-corrected chi connectivity index (χ2v) is 11.2. The van der Waals surface area contributed by atoms with E-state index in [1.54, 1.807) is 13.0 Å². The Balaban J connectivity index is 1.66. The molecule has 11 nitrogen and oxygen atoms in total. The fourth-order valence-corrected chi connectivity index (χ4v) is 6.19. The Morgan fingerprint density at radius 2 is 1.77 bits per heavy atom. The summed E-state index contributed by atoms with van der Waals surface area (Å²) >= 11 is 0. The van der Waals surface area contributed by atoms with Crippen molar-refractivity contribution in [3.8, 4) is 17.2 Å². The highest BCUT2D eigenvalue weighted by molar-refractivity contribution is 6.31. The highest BCUT2D eigenvalue weighted by Gasteiger charge is 2.49. The van der Waals surface area contributed by atoms with Gasteiger partial charge in [0.25, 0.3) is 0 Å². The van der Waals surface area contributed by atoms with E-state index >= 15 is 0 Å². The zero-order valence-corrected chi connectivity index (χ0v) is 23.0. The minimum Gasteiger partial charge on any atom is -0.507 e. The average molecular weight is 558 g/mol. The number of ether oxygens (including phenoxy) is 3. The van der Waals surface area contributed by atoms with Crippen molar-refractivity contribution >= 4 is 11.6 Å². The molecule has 1 saturated heterocycles. The first-order valence-corrected chi connectivity index (χ1v) is 13.2. The molecule has 5 N–H and O–H groups in total. The Kier molecular flexibility index (Phi) is 7.18. The molecule has 5 rings (SSSR count). The van der Waals surface area contributed by atoms with Gasteiger partial charge in [-0.3, -0.25) is 9.59 Å². The number of phenolic OH excluding ortho intramolecular Hbond substituents is 2. The molecule has 1 heterocycles.